The molecule has 0 spiro atoms. The van der Waals surface area contributed by atoms with Gasteiger partial charge < -0.3 is 10.1 Å². The number of hydrogen-bond acceptors (Lipinski definition) is 3. The Kier molecular flexibility index (Phi) is 4.65. The van der Waals surface area contributed by atoms with Gasteiger partial charge in [-0.1, -0.05) is 24.4 Å². The first-order valence-electron chi connectivity index (χ1n) is 6.72. The maximum Gasteiger partial charge on any atom is 0.338 e. The normalized spacial score (nSPS) is 15.2. The van der Waals surface area contributed by atoms with E-state index in [0.29, 0.717) is 21.8 Å². The van der Waals surface area contributed by atoms with E-state index in [0.717, 1.165) is 25.7 Å². The molecule has 0 atom stereocenters. The van der Waals surface area contributed by atoms with Gasteiger partial charge in [0.1, 0.15) is 0 Å². The van der Waals surface area contributed by atoms with Gasteiger partial charge in [-0.25, -0.2) is 4.79 Å². The molecule has 0 saturated heterocycles. The number of anilines is 1. The molecule has 1 fully saturated rings. The lowest BCUT2D eigenvalue weighted by Crippen LogP contribution is -2.21. The summed E-state index contributed by atoms with van der Waals surface area (Å²) in [6, 6.07) is 3.21. The average Bonchev–Trinajstić information content (AvgIpc) is 2.95. The minimum absolute atomic E-state index is 0.00341. The molecule has 1 aliphatic carbocycles. The molecule has 108 valence electrons. The second-order valence-electron chi connectivity index (χ2n) is 5.09. The van der Waals surface area contributed by atoms with Gasteiger partial charge in [0.2, 0.25) is 5.91 Å². The van der Waals surface area contributed by atoms with Gasteiger partial charge in [0.25, 0.3) is 0 Å². The number of methoxy groups -OCH3 is 1. The Labute approximate surface area is 123 Å². The van der Waals surface area contributed by atoms with Crippen molar-refractivity contribution in [3.05, 3.63) is 28.3 Å². The molecule has 0 unspecified atom stereocenters. The van der Waals surface area contributed by atoms with Crippen molar-refractivity contribution < 1.29 is 14.3 Å². The van der Waals surface area contributed by atoms with Crippen LogP contribution in [-0.2, 0) is 9.53 Å². The third-order valence-corrected chi connectivity index (χ3v) is 3.98. The van der Waals surface area contributed by atoms with Crippen LogP contribution in [0.2, 0.25) is 5.02 Å². The molecule has 0 radical (unpaired) electrons. The Morgan fingerprint density at radius 3 is 2.55 bits per heavy atom. The van der Waals surface area contributed by atoms with E-state index in [1.54, 1.807) is 19.1 Å². The van der Waals surface area contributed by atoms with Crippen molar-refractivity contribution in [3.8, 4) is 0 Å². The van der Waals surface area contributed by atoms with Crippen LogP contribution < -0.4 is 5.32 Å². The Morgan fingerprint density at radius 1 is 1.30 bits per heavy atom. The van der Waals surface area contributed by atoms with E-state index in [2.05, 4.69) is 5.32 Å². The largest absolute Gasteiger partial charge is 0.465 e. The number of halogens is 1. The molecule has 1 saturated carbocycles. The van der Waals surface area contributed by atoms with E-state index in [-0.39, 0.29) is 11.8 Å². The Bertz CT molecular complexity index is 536. The second kappa shape index (κ2) is 6.27. The Morgan fingerprint density at radius 2 is 1.95 bits per heavy atom. The number of amides is 1. The first kappa shape index (κ1) is 14.9. The van der Waals surface area contributed by atoms with Crippen molar-refractivity contribution in [3.63, 3.8) is 0 Å². The van der Waals surface area contributed by atoms with E-state index in [1.165, 1.54) is 7.11 Å². The number of ether oxygens (including phenoxy) is 1. The van der Waals surface area contributed by atoms with Gasteiger partial charge in [-0.3, -0.25) is 4.79 Å². The molecule has 1 N–H and O–H groups in total. The summed E-state index contributed by atoms with van der Waals surface area (Å²) in [5, 5.41) is 3.28. The Balaban J connectivity index is 2.24. The van der Waals surface area contributed by atoms with E-state index >= 15 is 0 Å². The van der Waals surface area contributed by atoms with Crippen molar-refractivity contribution in [1.82, 2.24) is 0 Å². The maximum atomic E-state index is 12.2. The van der Waals surface area contributed by atoms with Crippen LogP contribution in [0.15, 0.2) is 12.1 Å². The number of hydrogen-bond donors (Lipinski definition) is 1. The van der Waals surface area contributed by atoms with Crippen LogP contribution >= 0.6 is 11.6 Å². The van der Waals surface area contributed by atoms with Crippen molar-refractivity contribution in [2.75, 3.05) is 12.4 Å². The molecule has 1 aliphatic rings. The van der Waals surface area contributed by atoms with E-state index in [9.17, 15) is 9.59 Å². The molecule has 0 aliphatic heterocycles. The zero-order chi connectivity index (χ0) is 14.7. The number of benzene rings is 1. The van der Waals surface area contributed by atoms with Crippen LogP contribution in [0.5, 0.6) is 0 Å². The third-order valence-electron chi connectivity index (χ3n) is 3.76. The SMILES string of the molecule is COC(=O)c1cc(Cl)cc(NC(=O)C2CCCC2)c1C. The number of carbonyl (C=O) groups excluding carboxylic acids is 2. The zero-order valence-electron chi connectivity index (χ0n) is 11.7. The van der Waals surface area contributed by atoms with Gasteiger partial charge in [-0.15, -0.1) is 0 Å². The molecule has 5 heteroatoms. The van der Waals surface area contributed by atoms with Crippen LogP contribution in [0, 0.1) is 12.8 Å². The molecule has 0 aromatic heterocycles. The van der Waals surface area contributed by atoms with Crippen LogP contribution in [0.1, 0.15) is 41.6 Å². The molecular formula is C15H18ClNO3. The minimum atomic E-state index is -0.457. The van der Waals surface area contributed by atoms with Crippen LogP contribution in [-0.4, -0.2) is 19.0 Å². The molecule has 1 aromatic carbocycles. The monoisotopic (exact) mass is 295 g/mol. The van der Waals surface area contributed by atoms with Crippen molar-refractivity contribution in [1.29, 1.82) is 0 Å². The van der Waals surface area contributed by atoms with Gasteiger partial charge in [0.05, 0.1) is 12.7 Å². The van der Waals surface area contributed by atoms with Gasteiger partial charge >= 0.3 is 5.97 Å². The molecule has 4 nitrogen and oxygen atoms in total. The predicted molar refractivity (Wildman–Crippen MR) is 78.1 cm³/mol. The first-order chi connectivity index (χ1) is 9.52. The van der Waals surface area contributed by atoms with E-state index < -0.39 is 5.97 Å². The summed E-state index contributed by atoms with van der Waals surface area (Å²) in [6.45, 7) is 1.77. The Hall–Kier alpha value is -1.55. The van der Waals surface area contributed by atoms with Crippen molar-refractivity contribution >= 4 is 29.2 Å². The van der Waals surface area contributed by atoms with Gasteiger partial charge in [0.15, 0.2) is 0 Å². The lowest BCUT2D eigenvalue weighted by molar-refractivity contribution is -0.119. The molecule has 0 heterocycles. The fraction of sp³-hybridized carbons (Fsp3) is 0.467. The summed E-state index contributed by atoms with van der Waals surface area (Å²) in [5.74, 6) is -0.389. The average molecular weight is 296 g/mol. The summed E-state index contributed by atoms with van der Waals surface area (Å²) < 4.78 is 4.72. The summed E-state index contributed by atoms with van der Waals surface area (Å²) in [5.41, 5.74) is 1.63. The van der Waals surface area contributed by atoms with Gasteiger partial charge in [-0.05, 0) is 37.5 Å². The fourth-order valence-electron chi connectivity index (χ4n) is 2.55. The maximum absolute atomic E-state index is 12.2. The van der Waals surface area contributed by atoms with Crippen molar-refractivity contribution in [2.45, 2.75) is 32.6 Å². The third kappa shape index (κ3) is 3.12. The second-order valence-corrected chi connectivity index (χ2v) is 5.52. The predicted octanol–water partition coefficient (Wildman–Crippen LogP) is 3.56. The molecule has 0 bridgehead atoms. The number of nitrogens with one attached hydrogen (secondary N) is 1. The summed E-state index contributed by atoms with van der Waals surface area (Å²) >= 11 is 6.01. The lowest BCUT2D eigenvalue weighted by Gasteiger charge is -2.15. The van der Waals surface area contributed by atoms with E-state index in [1.807, 2.05) is 0 Å². The van der Waals surface area contributed by atoms with Crippen LogP contribution in [0.4, 0.5) is 5.69 Å². The highest BCUT2D eigenvalue weighted by Crippen LogP contribution is 2.29. The summed E-state index contributed by atoms with van der Waals surface area (Å²) in [7, 11) is 1.32. The molecule has 2 rings (SSSR count). The fourth-order valence-corrected chi connectivity index (χ4v) is 2.77. The smallest absolute Gasteiger partial charge is 0.338 e. The molecule has 20 heavy (non-hydrogen) atoms. The molecule has 1 amide bonds. The van der Waals surface area contributed by atoms with E-state index in [4.69, 9.17) is 16.3 Å². The topological polar surface area (TPSA) is 55.4 Å². The zero-order valence-corrected chi connectivity index (χ0v) is 12.4. The first-order valence-corrected chi connectivity index (χ1v) is 7.10. The van der Waals surface area contributed by atoms with Crippen molar-refractivity contribution in [2.24, 2.45) is 5.92 Å². The quantitative estimate of drug-likeness (QED) is 0.867. The molecule has 1 aromatic rings. The standard InChI is InChI=1S/C15H18ClNO3/c1-9-12(15(19)20-2)7-11(16)8-13(9)17-14(18)10-5-3-4-6-10/h7-8,10H,3-6H2,1-2H3,(H,17,18). The van der Waals surface area contributed by atoms with Crippen LogP contribution in [0.3, 0.4) is 0 Å². The molecular weight excluding hydrogens is 278 g/mol. The highest BCUT2D eigenvalue weighted by atomic mass is 35.5. The summed E-state index contributed by atoms with van der Waals surface area (Å²) in [6.07, 6.45) is 4.05. The highest BCUT2D eigenvalue weighted by molar-refractivity contribution is 6.31. The number of esters is 1. The number of carbonyl (C=O) groups is 2. The lowest BCUT2D eigenvalue weighted by atomic mass is 10.0. The van der Waals surface area contributed by atoms with Gasteiger partial charge in [0, 0.05) is 16.6 Å². The highest BCUT2D eigenvalue weighted by Gasteiger charge is 2.24. The number of rotatable bonds is 3. The summed E-state index contributed by atoms with van der Waals surface area (Å²) in [4.78, 5) is 23.8. The van der Waals surface area contributed by atoms with Gasteiger partial charge in [-0.2, -0.15) is 0 Å². The minimum Gasteiger partial charge on any atom is -0.465 e. The van der Waals surface area contributed by atoms with Crippen LogP contribution in [0.25, 0.3) is 0 Å².